The lowest BCUT2D eigenvalue weighted by atomic mass is 10.1. The number of hydrogen-bond donors (Lipinski definition) is 0. The monoisotopic (exact) mass is 426 g/mol. The molecule has 7 heteroatoms. The molecule has 32 heavy (non-hydrogen) atoms. The van der Waals surface area contributed by atoms with Gasteiger partial charge in [0.2, 0.25) is 5.89 Å². The summed E-state index contributed by atoms with van der Waals surface area (Å²) in [6.45, 7) is 4.21. The highest BCUT2D eigenvalue weighted by Gasteiger charge is 2.15. The van der Waals surface area contributed by atoms with Crippen molar-refractivity contribution in [2.24, 2.45) is 0 Å². The third-order valence-corrected chi connectivity index (χ3v) is 5.50. The molecule has 0 atom stereocenters. The molecular weight excluding hydrogens is 404 g/mol. The van der Waals surface area contributed by atoms with Gasteiger partial charge in [-0.2, -0.15) is 5.10 Å². The van der Waals surface area contributed by atoms with Gasteiger partial charge in [0.05, 0.1) is 19.3 Å². The summed E-state index contributed by atoms with van der Waals surface area (Å²) in [4.78, 5) is 17.8. The zero-order chi connectivity index (χ0) is 22.2. The number of hydrogen-bond acceptors (Lipinski definition) is 5. The Hall–Kier alpha value is -4.13. The molecule has 2 aromatic carbocycles. The minimum absolute atomic E-state index is 0.152. The van der Waals surface area contributed by atoms with Crippen molar-refractivity contribution in [1.82, 2.24) is 19.2 Å². The molecule has 0 spiro atoms. The third-order valence-electron chi connectivity index (χ3n) is 5.50. The molecule has 3 aromatic heterocycles. The predicted octanol–water partition coefficient (Wildman–Crippen LogP) is 4.49. The zero-order valence-electron chi connectivity index (χ0n) is 18.1. The van der Waals surface area contributed by atoms with Crippen LogP contribution >= 0.6 is 0 Å². The molecule has 0 aliphatic rings. The molecule has 0 amide bonds. The van der Waals surface area contributed by atoms with Crippen molar-refractivity contribution in [3.05, 3.63) is 94.4 Å². The van der Waals surface area contributed by atoms with Gasteiger partial charge in [0.25, 0.3) is 5.56 Å². The Labute approximate surface area is 184 Å². The fraction of sp³-hybridized carbons (Fsp3) is 0.160. The van der Waals surface area contributed by atoms with E-state index in [1.54, 1.807) is 34.7 Å². The predicted molar refractivity (Wildman–Crippen MR) is 122 cm³/mol. The SMILES string of the molecule is COc1ccccc1-c1cc2c(=O)n(Cc3nc(-c4ccc(C)cc4)oc3C)ccn2n1. The number of ether oxygens (including phenoxy) is 1. The van der Waals surface area contributed by atoms with Crippen LogP contribution in [0.2, 0.25) is 0 Å². The fourth-order valence-corrected chi connectivity index (χ4v) is 3.69. The van der Waals surface area contributed by atoms with Crippen LogP contribution in [0.25, 0.3) is 28.2 Å². The van der Waals surface area contributed by atoms with Crippen molar-refractivity contribution in [3.63, 3.8) is 0 Å². The molecule has 0 fully saturated rings. The number of benzene rings is 2. The molecule has 3 heterocycles. The highest BCUT2D eigenvalue weighted by atomic mass is 16.5. The second kappa shape index (κ2) is 7.85. The van der Waals surface area contributed by atoms with E-state index in [0.29, 0.717) is 35.2 Å². The maximum Gasteiger partial charge on any atom is 0.276 e. The Morgan fingerprint density at radius 2 is 1.81 bits per heavy atom. The van der Waals surface area contributed by atoms with Crippen LogP contribution in [0.5, 0.6) is 5.75 Å². The van der Waals surface area contributed by atoms with Gasteiger partial charge in [-0.05, 0) is 44.2 Å². The molecule has 7 nitrogen and oxygen atoms in total. The summed E-state index contributed by atoms with van der Waals surface area (Å²) in [5.41, 5.74) is 4.64. The van der Waals surface area contributed by atoms with Crippen LogP contribution in [0.1, 0.15) is 17.0 Å². The highest BCUT2D eigenvalue weighted by molar-refractivity contribution is 5.71. The van der Waals surface area contributed by atoms with Gasteiger partial charge in [0.1, 0.15) is 22.7 Å². The minimum atomic E-state index is -0.152. The first-order valence-electron chi connectivity index (χ1n) is 10.3. The topological polar surface area (TPSA) is 74.6 Å². The van der Waals surface area contributed by atoms with Crippen LogP contribution in [-0.4, -0.2) is 26.3 Å². The summed E-state index contributed by atoms with van der Waals surface area (Å²) in [6.07, 6.45) is 3.49. The van der Waals surface area contributed by atoms with Gasteiger partial charge in [-0.25, -0.2) is 9.50 Å². The van der Waals surface area contributed by atoms with Gasteiger partial charge >= 0.3 is 0 Å². The van der Waals surface area contributed by atoms with Crippen LogP contribution in [0.3, 0.4) is 0 Å². The number of nitrogens with zero attached hydrogens (tertiary/aromatic N) is 4. The number of rotatable bonds is 5. The molecule has 160 valence electrons. The van der Waals surface area contributed by atoms with E-state index >= 15 is 0 Å². The third kappa shape index (κ3) is 3.47. The Kier molecular flexibility index (Phi) is 4.86. The number of fused-ring (bicyclic) bond motifs is 1. The summed E-state index contributed by atoms with van der Waals surface area (Å²) >= 11 is 0. The van der Waals surface area contributed by atoms with Crippen molar-refractivity contribution in [2.75, 3.05) is 7.11 Å². The van der Waals surface area contributed by atoms with Crippen LogP contribution in [-0.2, 0) is 6.54 Å². The fourth-order valence-electron chi connectivity index (χ4n) is 3.69. The van der Waals surface area contributed by atoms with Gasteiger partial charge in [-0.3, -0.25) is 4.79 Å². The minimum Gasteiger partial charge on any atom is -0.496 e. The van der Waals surface area contributed by atoms with E-state index in [9.17, 15) is 4.79 Å². The second-order valence-corrected chi connectivity index (χ2v) is 7.68. The summed E-state index contributed by atoms with van der Waals surface area (Å²) < 4.78 is 14.5. The molecule has 0 aliphatic heterocycles. The lowest BCUT2D eigenvalue weighted by Crippen LogP contribution is -2.22. The lowest BCUT2D eigenvalue weighted by molar-refractivity contribution is 0.416. The highest BCUT2D eigenvalue weighted by Crippen LogP contribution is 2.28. The van der Waals surface area contributed by atoms with Gasteiger partial charge in [0, 0.05) is 23.5 Å². The molecule has 5 aromatic rings. The van der Waals surface area contributed by atoms with Crippen LogP contribution in [0.15, 0.2) is 76.2 Å². The molecule has 0 saturated heterocycles. The van der Waals surface area contributed by atoms with E-state index in [1.807, 2.05) is 62.4 Å². The van der Waals surface area contributed by atoms with E-state index in [2.05, 4.69) is 10.1 Å². The maximum atomic E-state index is 13.2. The molecule has 0 unspecified atom stereocenters. The van der Waals surface area contributed by atoms with E-state index < -0.39 is 0 Å². The van der Waals surface area contributed by atoms with Crippen molar-refractivity contribution in [3.8, 4) is 28.5 Å². The Bertz CT molecular complexity index is 1480. The quantitative estimate of drug-likeness (QED) is 0.414. The second-order valence-electron chi connectivity index (χ2n) is 7.68. The summed E-state index contributed by atoms with van der Waals surface area (Å²) in [7, 11) is 1.62. The first-order valence-corrected chi connectivity index (χ1v) is 10.3. The normalized spacial score (nSPS) is 11.2. The Morgan fingerprint density at radius 3 is 2.59 bits per heavy atom. The van der Waals surface area contributed by atoms with E-state index in [1.165, 1.54) is 5.56 Å². The molecule has 0 N–H and O–H groups in total. The van der Waals surface area contributed by atoms with Crippen LogP contribution < -0.4 is 10.3 Å². The maximum absolute atomic E-state index is 13.2. The number of aryl methyl sites for hydroxylation is 2. The Balaban J connectivity index is 1.50. The van der Waals surface area contributed by atoms with Crippen molar-refractivity contribution >= 4 is 5.52 Å². The zero-order valence-corrected chi connectivity index (χ0v) is 18.1. The number of aromatic nitrogens is 4. The van der Waals surface area contributed by atoms with Crippen molar-refractivity contribution < 1.29 is 9.15 Å². The van der Waals surface area contributed by atoms with Crippen molar-refractivity contribution in [2.45, 2.75) is 20.4 Å². The number of oxazole rings is 1. The van der Waals surface area contributed by atoms with Crippen LogP contribution in [0.4, 0.5) is 0 Å². The summed E-state index contributed by atoms with van der Waals surface area (Å²) in [5, 5.41) is 4.56. The van der Waals surface area contributed by atoms with Gasteiger partial charge in [-0.1, -0.05) is 29.8 Å². The molecular formula is C25H22N4O3. The van der Waals surface area contributed by atoms with E-state index in [-0.39, 0.29) is 5.56 Å². The van der Waals surface area contributed by atoms with Crippen LogP contribution in [0, 0.1) is 13.8 Å². The lowest BCUT2D eigenvalue weighted by Gasteiger charge is -2.04. The Morgan fingerprint density at radius 1 is 1.03 bits per heavy atom. The van der Waals surface area contributed by atoms with Gasteiger partial charge in [0.15, 0.2) is 0 Å². The largest absolute Gasteiger partial charge is 0.496 e. The van der Waals surface area contributed by atoms with E-state index in [4.69, 9.17) is 9.15 Å². The standard InChI is InChI=1S/C25H22N4O3/c1-16-8-10-18(11-9-16)24-26-21(17(2)32-24)15-28-12-13-29-22(25(28)30)14-20(27-29)19-6-4-5-7-23(19)31-3/h4-14H,15H2,1-3H3. The van der Waals surface area contributed by atoms with Crippen molar-refractivity contribution in [1.29, 1.82) is 0 Å². The smallest absolute Gasteiger partial charge is 0.276 e. The first-order chi connectivity index (χ1) is 15.5. The molecule has 0 bridgehead atoms. The number of methoxy groups -OCH3 is 1. The average Bonchev–Trinajstić information content (AvgIpc) is 3.40. The summed E-state index contributed by atoms with van der Waals surface area (Å²) in [6, 6.07) is 17.4. The summed E-state index contributed by atoms with van der Waals surface area (Å²) in [5.74, 6) is 1.95. The number of para-hydroxylation sites is 1. The average molecular weight is 426 g/mol. The van der Waals surface area contributed by atoms with Gasteiger partial charge in [-0.15, -0.1) is 0 Å². The molecule has 0 saturated carbocycles. The molecule has 0 aliphatic carbocycles. The first kappa shape index (κ1) is 19.8. The van der Waals surface area contributed by atoms with E-state index in [0.717, 1.165) is 16.8 Å². The molecule has 0 radical (unpaired) electrons. The van der Waals surface area contributed by atoms with Gasteiger partial charge < -0.3 is 13.7 Å². The molecule has 5 rings (SSSR count).